The van der Waals surface area contributed by atoms with Crippen LogP contribution in [0.4, 0.5) is 11.4 Å². The number of anilines is 2. The molecule has 1 heterocycles. The third kappa shape index (κ3) is 9.70. The Balaban J connectivity index is 1.16. The number of hydrogen-bond acceptors (Lipinski definition) is 6. The van der Waals surface area contributed by atoms with Gasteiger partial charge in [-0.2, -0.15) is 0 Å². The van der Waals surface area contributed by atoms with Crippen molar-refractivity contribution in [3.05, 3.63) is 178 Å². The summed E-state index contributed by atoms with van der Waals surface area (Å²) in [6, 6.07) is 42.1. The van der Waals surface area contributed by atoms with Crippen molar-refractivity contribution in [2.75, 3.05) is 10.6 Å². The Hall–Kier alpha value is -6.59. The molecular formula is C44H41N5O5S. The highest BCUT2D eigenvalue weighted by Crippen LogP contribution is 2.29. The molecular weight excluding hydrogens is 711 g/mol. The fourth-order valence-electron chi connectivity index (χ4n) is 5.76. The maximum atomic E-state index is 13.8. The van der Waals surface area contributed by atoms with Crippen molar-refractivity contribution in [3.8, 4) is 11.4 Å². The first-order valence-corrected chi connectivity index (χ1v) is 18.7. The second kappa shape index (κ2) is 18.0. The zero-order valence-electron chi connectivity index (χ0n) is 30.7. The van der Waals surface area contributed by atoms with Crippen LogP contribution in [0.1, 0.15) is 40.5 Å². The molecule has 0 radical (unpaired) electrons. The smallest absolute Gasteiger partial charge is 0.295 e. The van der Waals surface area contributed by atoms with Crippen LogP contribution < -0.4 is 26.2 Å². The summed E-state index contributed by atoms with van der Waals surface area (Å²) in [6.07, 6.45) is 2.09. The highest BCUT2D eigenvalue weighted by molar-refractivity contribution is 8.00. The van der Waals surface area contributed by atoms with Crippen LogP contribution >= 0.6 is 11.8 Å². The van der Waals surface area contributed by atoms with E-state index in [1.54, 1.807) is 67.2 Å². The largest absolute Gasteiger partial charge is 0.489 e. The summed E-state index contributed by atoms with van der Waals surface area (Å²) in [4.78, 5) is 54.7. The lowest BCUT2D eigenvalue weighted by molar-refractivity contribution is -0.116. The highest BCUT2D eigenvalue weighted by atomic mass is 32.2. The minimum absolute atomic E-state index is 0.0371. The molecule has 10 nitrogen and oxygen atoms in total. The molecule has 0 saturated carbocycles. The van der Waals surface area contributed by atoms with Crippen molar-refractivity contribution in [1.29, 1.82) is 0 Å². The summed E-state index contributed by atoms with van der Waals surface area (Å²) in [5.74, 6) is -0.611. The molecule has 0 bridgehead atoms. The normalized spacial score (nSPS) is 11.7. The first-order valence-electron chi connectivity index (χ1n) is 17.8. The van der Waals surface area contributed by atoms with Crippen molar-refractivity contribution in [3.63, 3.8) is 0 Å². The molecule has 11 heteroatoms. The zero-order valence-corrected chi connectivity index (χ0v) is 31.5. The third-order valence-corrected chi connectivity index (χ3v) is 10.2. The average molecular weight is 752 g/mol. The molecule has 6 aromatic rings. The number of carbonyl (C=O) groups is 3. The van der Waals surface area contributed by atoms with Crippen LogP contribution in [-0.2, 0) is 23.2 Å². The number of thioether (sulfide) groups is 1. The second-order valence-corrected chi connectivity index (χ2v) is 13.9. The lowest BCUT2D eigenvalue weighted by Gasteiger charge is -2.15. The molecule has 6 rings (SSSR count). The summed E-state index contributed by atoms with van der Waals surface area (Å²) in [5, 5.41) is 8.02. The Bertz CT molecular complexity index is 2360. The number of carbonyl (C=O) groups excluding carboxylic acids is 3. The number of rotatable bonds is 14. The van der Waals surface area contributed by atoms with Gasteiger partial charge in [-0.05, 0) is 85.1 Å². The van der Waals surface area contributed by atoms with Crippen LogP contribution in [0.15, 0.2) is 155 Å². The van der Waals surface area contributed by atoms with Gasteiger partial charge < -0.3 is 20.7 Å². The summed E-state index contributed by atoms with van der Waals surface area (Å²) in [6.45, 7) is 4.11. The van der Waals surface area contributed by atoms with E-state index in [-0.39, 0.29) is 22.9 Å². The third-order valence-electron chi connectivity index (χ3n) is 8.80. The minimum Gasteiger partial charge on any atom is -0.489 e. The number of ether oxygens (including phenoxy) is 1. The summed E-state index contributed by atoms with van der Waals surface area (Å²) in [7, 11) is 1.78. The second-order valence-electron chi connectivity index (χ2n) is 12.6. The van der Waals surface area contributed by atoms with Gasteiger partial charge in [0.05, 0.1) is 16.6 Å². The van der Waals surface area contributed by atoms with Gasteiger partial charge in [-0.1, -0.05) is 91.9 Å². The first-order chi connectivity index (χ1) is 26.7. The van der Waals surface area contributed by atoms with Crippen LogP contribution in [0.2, 0.25) is 0 Å². The van der Waals surface area contributed by atoms with Crippen molar-refractivity contribution >= 4 is 46.9 Å². The number of benzene rings is 5. The van der Waals surface area contributed by atoms with E-state index >= 15 is 0 Å². The zero-order chi connectivity index (χ0) is 38.7. The van der Waals surface area contributed by atoms with E-state index in [0.717, 1.165) is 10.5 Å². The van der Waals surface area contributed by atoms with Crippen LogP contribution in [0, 0.1) is 6.92 Å². The van der Waals surface area contributed by atoms with Gasteiger partial charge in [-0.15, -0.1) is 11.8 Å². The van der Waals surface area contributed by atoms with Crippen molar-refractivity contribution < 1.29 is 19.1 Å². The molecule has 1 aromatic heterocycles. The standard InChI is InChI=1S/C44H41N5O5S/c1-4-39(43(52)47-40-30(2)48(3)49(44(40)53)35-20-12-7-13-21-35)55-37-22-14-19-34(28-37)45-42(51)38(46-41(50)33-17-10-6-11-18-33)27-31-23-25-36(26-24-31)54-29-32-15-8-5-9-16-32/h5-28,39H,4,29H2,1-3H3,(H,45,51)(H,46,50)(H,47,52)/b38-27+. The molecule has 1 unspecified atom stereocenters. The van der Waals surface area contributed by atoms with Crippen LogP contribution in [0.3, 0.4) is 0 Å². The van der Waals surface area contributed by atoms with E-state index in [2.05, 4.69) is 16.0 Å². The maximum absolute atomic E-state index is 13.8. The van der Waals surface area contributed by atoms with Gasteiger partial charge in [0.1, 0.15) is 23.7 Å². The molecule has 0 saturated heterocycles. The topological polar surface area (TPSA) is 123 Å². The summed E-state index contributed by atoms with van der Waals surface area (Å²) in [5.41, 5.74) is 3.85. The fraction of sp³-hybridized carbons (Fsp3) is 0.136. The Kier molecular flexibility index (Phi) is 12.5. The number of amides is 3. The van der Waals surface area contributed by atoms with Crippen LogP contribution in [0.25, 0.3) is 11.8 Å². The van der Waals surface area contributed by atoms with Gasteiger partial charge in [-0.3, -0.25) is 23.9 Å². The van der Waals surface area contributed by atoms with Gasteiger partial charge >= 0.3 is 0 Å². The molecule has 0 spiro atoms. The van der Waals surface area contributed by atoms with E-state index in [9.17, 15) is 19.2 Å². The average Bonchev–Trinajstić information content (AvgIpc) is 3.42. The Morgan fingerprint density at radius 2 is 1.45 bits per heavy atom. The van der Waals surface area contributed by atoms with Crippen molar-refractivity contribution in [1.82, 2.24) is 14.7 Å². The van der Waals surface area contributed by atoms with Crippen molar-refractivity contribution in [2.24, 2.45) is 7.05 Å². The van der Waals surface area contributed by atoms with Crippen molar-refractivity contribution in [2.45, 2.75) is 37.0 Å². The molecule has 5 aromatic carbocycles. The number of para-hydroxylation sites is 1. The molecule has 0 fully saturated rings. The first kappa shape index (κ1) is 38.1. The molecule has 3 amide bonds. The predicted octanol–water partition coefficient (Wildman–Crippen LogP) is 7.98. The van der Waals surface area contributed by atoms with E-state index in [0.29, 0.717) is 47.0 Å². The fourth-order valence-corrected chi connectivity index (χ4v) is 6.77. The van der Waals surface area contributed by atoms with E-state index in [1.807, 2.05) is 104 Å². The Morgan fingerprint density at radius 3 is 2.13 bits per heavy atom. The van der Waals surface area contributed by atoms with Gasteiger partial charge in [0, 0.05) is 23.2 Å². The van der Waals surface area contributed by atoms with Gasteiger partial charge in [0.2, 0.25) is 5.91 Å². The minimum atomic E-state index is -0.533. The summed E-state index contributed by atoms with van der Waals surface area (Å²) >= 11 is 1.32. The lowest BCUT2D eigenvalue weighted by atomic mass is 10.1. The van der Waals surface area contributed by atoms with E-state index in [4.69, 9.17) is 4.74 Å². The monoisotopic (exact) mass is 751 g/mol. The molecule has 0 aliphatic rings. The van der Waals surface area contributed by atoms with Gasteiger partial charge in [0.15, 0.2) is 0 Å². The van der Waals surface area contributed by atoms with Crippen LogP contribution in [0.5, 0.6) is 5.75 Å². The Morgan fingerprint density at radius 1 is 0.800 bits per heavy atom. The predicted molar refractivity (Wildman–Crippen MR) is 218 cm³/mol. The number of hydrogen-bond donors (Lipinski definition) is 3. The quantitative estimate of drug-likeness (QED) is 0.0767. The number of nitrogens with one attached hydrogen (secondary N) is 3. The van der Waals surface area contributed by atoms with Crippen LogP contribution in [-0.4, -0.2) is 32.3 Å². The molecule has 3 N–H and O–H groups in total. The van der Waals surface area contributed by atoms with E-state index in [1.165, 1.54) is 16.4 Å². The molecule has 55 heavy (non-hydrogen) atoms. The lowest BCUT2D eigenvalue weighted by Crippen LogP contribution is -2.30. The highest BCUT2D eigenvalue weighted by Gasteiger charge is 2.24. The molecule has 1 atom stereocenters. The number of nitrogens with zero attached hydrogens (tertiary/aromatic N) is 2. The molecule has 0 aliphatic heterocycles. The Labute approximate surface area is 323 Å². The van der Waals surface area contributed by atoms with Gasteiger partial charge in [-0.25, -0.2) is 4.68 Å². The van der Waals surface area contributed by atoms with Gasteiger partial charge in [0.25, 0.3) is 17.4 Å². The molecule has 278 valence electrons. The molecule has 0 aliphatic carbocycles. The SMILES string of the molecule is CCC(Sc1cccc(NC(=O)/C(=C\c2ccc(OCc3ccccc3)cc2)NC(=O)c2ccccc2)c1)C(=O)Nc1c(C)n(C)n(-c2ccccc2)c1=O. The summed E-state index contributed by atoms with van der Waals surface area (Å²) < 4.78 is 9.15. The number of aromatic nitrogens is 2. The van der Waals surface area contributed by atoms with E-state index < -0.39 is 17.1 Å². The maximum Gasteiger partial charge on any atom is 0.295 e.